The first-order chi connectivity index (χ1) is 15.5. The highest BCUT2D eigenvalue weighted by Gasteiger charge is 2.15. The Labute approximate surface area is 188 Å². The standard InChI is InChI=1S/C26H28N4O2/c1-18-6-10-21(11-7-18)19(2)28-25(31)15-14-24-29-23-5-4-16-27-26(23)30(24)17-20-8-12-22(32-3)13-9-20/h4-13,16,19H,14-15,17H2,1-3H3,(H,28,31)/t19-/m0/s1. The van der Waals surface area contributed by atoms with E-state index in [4.69, 9.17) is 9.72 Å². The van der Waals surface area contributed by atoms with E-state index >= 15 is 0 Å². The van der Waals surface area contributed by atoms with Gasteiger partial charge in [0, 0.05) is 19.0 Å². The summed E-state index contributed by atoms with van der Waals surface area (Å²) in [5, 5.41) is 3.10. The summed E-state index contributed by atoms with van der Waals surface area (Å²) in [4.78, 5) is 21.9. The highest BCUT2D eigenvalue weighted by molar-refractivity contribution is 5.77. The number of aromatic nitrogens is 3. The molecular formula is C26H28N4O2. The Morgan fingerprint density at radius 1 is 1.09 bits per heavy atom. The number of benzene rings is 2. The quantitative estimate of drug-likeness (QED) is 0.445. The van der Waals surface area contributed by atoms with Crippen LogP contribution in [0, 0.1) is 6.92 Å². The monoisotopic (exact) mass is 428 g/mol. The fourth-order valence-electron chi connectivity index (χ4n) is 3.75. The van der Waals surface area contributed by atoms with Gasteiger partial charge >= 0.3 is 0 Å². The van der Waals surface area contributed by atoms with Gasteiger partial charge in [0.05, 0.1) is 19.7 Å². The lowest BCUT2D eigenvalue weighted by atomic mass is 10.1. The second-order valence-electron chi connectivity index (χ2n) is 8.01. The number of aryl methyl sites for hydroxylation is 2. The summed E-state index contributed by atoms with van der Waals surface area (Å²) in [6, 6.07) is 20.0. The zero-order valence-electron chi connectivity index (χ0n) is 18.7. The maximum atomic E-state index is 12.6. The van der Waals surface area contributed by atoms with Crippen molar-refractivity contribution < 1.29 is 9.53 Å². The van der Waals surface area contributed by atoms with Crippen LogP contribution >= 0.6 is 0 Å². The van der Waals surface area contributed by atoms with Crippen molar-refractivity contribution in [2.75, 3.05) is 7.11 Å². The van der Waals surface area contributed by atoms with Gasteiger partial charge in [0.15, 0.2) is 5.65 Å². The van der Waals surface area contributed by atoms with Gasteiger partial charge in [0.2, 0.25) is 5.91 Å². The molecule has 32 heavy (non-hydrogen) atoms. The van der Waals surface area contributed by atoms with Crippen LogP contribution in [0.25, 0.3) is 11.2 Å². The number of pyridine rings is 1. The van der Waals surface area contributed by atoms with Crippen LogP contribution < -0.4 is 10.1 Å². The van der Waals surface area contributed by atoms with Crippen LogP contribution in [-0.4, -0.2) is 27.6 Å². The highest BCUT2D eigenvalue weighted by Crippen LogP contribution is 2.19. The molecular weight excluding hydrogens is 400 g/mol. The summed E-state index contributed by atoms with van der Waals surface area (Å²) in [7, 11) is 1.66. The third kappa shape index (κ3) is 4.97. The minimum atomic E-state index is -0.0390. The number of carbonyl (C=O) groups excluding carboxylic acids is 1. The molecule has 0 fully saturated rings. The summed E-state index contributed by atoms with van der Waals surface area (Å²) in [6.07, 6.45) is 2.68. The number of ether oxygens (including phenoxy) is 1. The summed E-state index contributed by atoms with van der Waals surface area (Å²) >= 11 is 0. The molecule has 0 aliphatic carbocycles. The number of hydrogen-bond acceptors (Lipinski definition) is 4. The lowest BCUT2D eigenvalue weighted by Gasteiger charge is -2.15. The summed E-state index contributed by atoms with van der Waals surface area (Å²) in [6.45, 7) is 4.69. The van der Waals surface area contributed by atoms with Crippen molar-refractivity contribution in [3.8, 4) is 5.75 Å². The van der Waals surface area contributed by atoms with E-state index in [1.807, 2.05) is 43.3 Å². The van der Waals surface area contributed by atoms with Gasteiger partial charge in [-0.1, -0.05) is 42.0 Å². The van der Waals surface area contributed by atoms with E-state index in [9.17, 15) is 4.79 Å². The van der Waals surface area contributed by atoms with Gasteiger partial charge in [0.1, 0.15) is 17.1 Å². The molecule has 4 rings (SSSR count). The molecule has 1 N–H and O–H groups in total. The molecule has 6 heteroatoms. The van der Waals surface area contributed by atoms with Crippen molar-refractivity contribution in [1.29, 1.82) is 0 Å². The van der Waals surface area contributed by atoms with E-state index in [2.05, 4.69) is 46.1 Å². The largest absolute Gasteiger partial charge is 0.497 e. The van der Waals surface area contributed by atoms with Crippen molar-refractivity contribution in [3.05, 3.63) is 89.4 Å². The topological polar surface area (TPSA) is 69.0 Å². The van der Waals surface area contributed by atoms with Crippen molar-refractivity contribution >= 4 is 17.1 Å². The van der Waals surface area contributed by atoms with Crippen LogP contribution in [0.5, 0.6) is 5.75 Å². The van der Waals surface area contributed by atoms with Crippen molar-refractivity contribution in [3.63, 3.8) is 0 Å². The number of imidazole rings is 1. The van der Waals surface area contributed by atoms with Crippen LogP contribution in [0.1, 0.15) is 41.9 Å². The van der Waals surface area contributed by atoms with E-state index in [-0.39, 0.29) is 11.9 Å². The first kappa shape index (κ1) is 21.6. The Bertz CT molecular complexity index is 1200. The molecule has 1 atom stereocenters. The number of methoxy groups -OCH3 is 1. The van der Waals surface area contributed by atoms with Crippen molar-refractivity contribution in [2.45, 2.75) is 39.3 Å². The molecule has 0 spiro atoms. The molecule has 0 bridgehead atoms. The maximum Gasteiger partial charge on any atom is 0.220 e. The van der Waals surface area contributed by atoms with E-state index in [0.717, 1.165) is 33.9 Å². The number of rotatable bonds is 8. The maximum absolute atomic E-state index is 12.6. The van der Waals surface area contributed by atoms with E-state index in [1.165, 1.54) is 5.56 Å². The molecule has 0 aliphatic rings. The fourth-order valence-corrected chi connectivity index (χ4v) is 3.75. The first-order valence-corrected chi connectivity index (χ1v) is 10.8. The van der Waals surface area contributed by atoms with Gasteiger partial charge in [-0.15, -0.1) is 0 Å². The van der Waals surface area contributed by atoms with Crippen molar-refractivity contribution in [2.24, 2.45) is 0 Å². The average molecular weight is 429 g/mol. The van der Waals surface area contributed by atoms with Gasteiger partial charge in [0.25, 0.3) is 0 Å². The van der Waals surface area contributed by atoms with E-state index in [0.29, 0.717) is 19.4 Å². The van der Waals surface area contributed by atoms with Gasteiger partial charge in [-0.3, -0.25) is 4.79 Å². The van der Waals surface area contributed by atoms with Gasteiger partial charge in [-0.05, 0) is 49.2 Å². The van der Waals surface area contributed by atoms with E-state index < -0.39 is 0 Å². The predicted molar refractivity (Wildman–Crippen MR) is 126 cm³/mol. The third-order valence-electron chi connectivity index (χ3n) is 5.61. The second-order valence-corrected chi connectivity index (χ2v) is 8.01. The predicted octanol–water partition coefficient (Wildman–Crippen LogP) is 4.61. The lowest BCUT2D eigenvalue weighted by molar-refractivity contribution is -0.121. The van der Waals surface area contributed by atoms with Crippen LogP contribution in [0.3, 0.4) is 0 Å². The van der Waals surface area contributed by atoms with Crippen LogP contribution in [0.2, 0.25) is 0 Å². The van der Waals surface area contributed by atoms with Crippen molar-refractivity contribution in [1.82, 2.24) is 19.9 Å². The van der Waals surface area contributed by atoms with Crippen LogP contribution in [0.15, 0.2) is 66.9 Å². The summed E-state index contributed by atoms with van der Waals surface area (Å²) in [5.74, 6) is 1.68. The van der Waals surface area contributed by atoms with Crippen LogP contribution in [-0.2, 0) is 17.8 Å². The molecule has 164 valence electrons. The average Bonchev–Trinajstić information content (AvgIpc) is 3.16. The number of amides is 1. The van der Waals surface area contributed by atoms with Crippen LogP contribution in [0.4, 0.5) is 0 Å². The second kappa shape index (κ2) is 9.64. The number of nitrogens with zero attached hydrogens (tertiary/aromatic N) is 3. The molecule has 0 radical (unpaired) electrons. The molecule has 0 aliphatic heterocycles. The number of hydrogen-bond donors (Lipinski definition) is 1. The zero-order valence-corrected chi connectivity index (χ0v) is 18.7. The molecule has 0 unspecified atom stereocenters. The van der Waals surface area contributed by atoms with E-state index in [1.54, 1.807) is 13.3 Å². The zero-order chi connectivity index (χ0) is 22.5. The van der Waals surface area contributed by atoms with Gasteiger partial charge in [-0.2, -0.15) is 0 Å². The smallest absolute Gasteiger partial charge is 0.220 e. The Kier molecular flexibility index (Phi) is 6.50. The summed E-state index contributed by atoms with van der Waals surface area (Å²) in [5.41, 5.74) is 5.09. The Balaban J connectivity index is 1.47. The normalized spacial score (nSPS) is 12.0. The lowest BCUT2D eigenvalue weighted by Crippen LogP contribution is -2.27. The highest BCUT2D eigenvalue weighted by atomic mass is 16.5. The SMILES string of the molecule is COc1ccc(Cn2c(CCC(=O)N[C@@H](C)c3ccc(C)cc3)nc3cccnc32)cc1. The molecule has 0 saturated heterocycles. The molecule has 1 amide bonds. The molecule has 2 aromatic heterocycles. The molecule has 4 aromatic rings. The number of nitrogens with one attached hydrogen (secondary N) is 1. The molecule has 0 saturated carbocycles. The minimum Gasteiger partial charge on any atom is -0.497 e. The molecule has 2 aromatic carbocycles. The molecule has 2 heterocycles. The fraction of sp³-hybridized carbons (Fsp3) is 0.269. The minimum absolute atomic E-state index is 0.00841. The third-order valence-corrected chi connectivity index (χ3v) is 5.61. The number of fused-ring (bicyclic) bond motifs is 1. The Hall–Kier alpha value is -3.67. The Morgan fingerprint density at radius 3 is 2.56 bits per heavy atom. The molecule has 6 nitrogen and oxygen atoms in total. The van der Waals surface area contributed by atoms with Gasteiger partial charge < -0.3 is 14.6 Å². The Morgan fingerprint density at radius 2 is 1.84 bits per heavy atom. The van der Waals surface area contributed by atoms with Gasteiger partial charge in [-0.25, -0.2) is 9.97 Å². The summed E-state index contributed by atoms with van der Waals surface area (Å²) < 4.78 is 7.35. The number of carbonyl (C=O) groups is 1. The first-order valence-electron chi connectivity index (χ1n) is 10.8.